The van der Waals surface area contributed by atoms with Gasteiger partial charge in [-0.15, -0.1) is 0 Å². The summed E-state index contributed by atoms with van der Waals surface area (Å²) in [4.78, 5) is 1.99. The first kappa shape index (κ1) is 5.72. The second-order valence-electron chi connectivity index (χ2n) is 2.80. The molecule has 2 aliphatic carbocycles. The maximum absolute atomic E-state index is 3.29. The van der Waals surface area contributed by atoms with Gasteiger partial charge in [0, 0.05) is 0 Å². The monoisotopic (exact) mass is 184 g/mol. The van der Waals surface area contributed by atoms with Crippen LogP contribution in [-0.2, 0) is 0 Å². The molecule has 0 aromatic carbocycles. The van der Waals surface area contributed by atoms with Crippen LogP contribution in [-0.4, -0.2) is 0 Å². The third kappa shape index (κ3) is 0.787. The zero-order valence-corrected chi connectivity index (χ0v) is 6.71. The van der Waals surface area contributed by atoms with Gasteiger partial charge in [0.05, 0.1) is 0 Å². The van der Waals surface area contributed by atoms with Gasteiger partial charge in [-0.2, -0.15) is 0 Å². The van der Waals surface area contributed by atoms with Crippen molar-refractivity contribution in [2.24, 2.45) is 17.8 Å². The number of hydrogen-bond acceptors (Lipinski definition) is 0. The van der Waals surface area contributed by atoms with E-state index in [-0.39, 0.29) is 0 Å². The molecule has 0 radical (unpaired) electrons. The Hall–Kier alpha value is -0.0400. The van der Waals surface area contributed by atoms with Crippen LogP contribution in [0.15, 0.2) is 23.2 Å². The SMILES string of the molecule is Br/C=C/C1C2C=CCC21. The molecule has 0 nitrogen and oxygen atoms in total. The van der Waals surface area contributed by atoms with Crippen LogP contribution in [0.1, 0.15) is 6.42 Å². The maximum atomic E-state index is 3.29. The molecule has 0 heterocycles. The molecule has 0 N–H and O–H groups in total. The second kappa shape index (κ2) is 1.98. The number of fused-ring (bicyclic) bond motifs is 1. The molecular weight excluding hydrogens is 176 g/mol. The van der Waals surface area contributed by atoms with E-state index < -0.39 is 0 Å². The van der Waals surface area contributed by atoms with E-state index >= 15 is 0 Å². The molecule has 0 spiro atoms. The van der Waals surface area contributed by atoms with Crippen molar-refractivity contribution in [1.82, 2.24) is 0 Å². The Labute approximate surface area is 63.8 Å². The lowest BCUT2D eigenvalue weighted by molar-refractivity contribution is 0.814. The Bertz CT molecular complexity index is 169. The van der Waals surface area contributed by atoms with Crippen molar-refractivity contribution in [3.05, 3.63) is 23.2 Å². The molecule has 1 saturated carbocycles. The summed E-state index contributed by atoms with van der Waals surface area (Å²) in [6.07, 6.45) is 8.22. The van der Waals surface area contributed by atoms with Crippen molar-refractivity contribution < 1.29 is 0 Å². The van der Waals surface area contributed by atoms with Gasteiger partial charge in [-0.3, -0.25) is 0 Å². The molecule has 2 rings (SSSR count). The first-order valence-corrected chi connectivity index (χ1v) is 4.28. The second-order valence-corrected chi connectivity index (χ2v) is 3.33. The Kier molecular flexibility index (Phi) is 1.26. The minimum atomic E-state index is 0.870. The third-order valence-corrected chi connectivity index (χ3v) is 2.66. The molecule has 9 heavy (non-hydrogen) atoms. The van der Waals surface area contributed by atoms with Crippen LogP contribution in [0.4, 0.5) is 0 Å². The lowest BCUT2D eigenvalue weighted by Gasteiger charge is -1.85. The standard InChI is InChI=1S/C8H9Br/c9-5-4-8-6-2-1-3-7(6)8/h1-2,4-8H,3H2/b5-4+. The van der Waals surface area contributed by atoms with Crippen molar-refractivity contribution in [3.63, 3.8) is 0 Å². The van der Waals surface area contributed by atoms with E-state index in [4.69, 9.17) is 0 Å². The van der Waals surface area contributed by atoms with Crippen LogP contribution in [0.5, 0.6) is 0 Å². The normalized spacial score (nSPS) is 46.1. The highest BCUT2D eigenvalue weighted by atomic mass is 79.9. The first-order chi connectivity index (χ1) is 4.43. The molecule has 48 valence electrons. The minimum absolute atomic E-state index is 0.870. The van der Waals surface area contributed by atoms with Gasteiger partial charge >= 0.3 is 0 Å². The average Bonchev–Trinajstić information content (AvgIpc) is 2.39. The predicted molar refractivity (Wildman–Crippen MR) is 42.3 cm³/mol. The Balaban J connectivity index is 2.02. The van der Waals surface area contributed by atoms with Gasteiger partial charge in [0.2, 0.25) is 0 Å². The molecular formula is C8H9Br. The van der Waals surface area contributed by atoms with Crippen LogP contribution >= 0.6 is 15.9 Å². The quantitative estimate of drug-likeness (QED) is 0.551. The molecule has 0 aromatic heterocycles. The Morgan fingerprint density at radius 2 is 2.44 bits per heavy atom. The summed E-state index contributed by atoms with van der Waals surface area (Å²) in [5, 5.41) is 0. The van der Waals surface area contributed by atoms with Crippen LogP contribution in [0.3, 0.4) is 0 Å². The highest BCUT2D eigenvalue weighted by Gasteiger charge is 2.47. The molecule has 0 bridgehead atoms. The van der Waals surface area contributed by atoms with E-state index in [0.717, 1.165) is 17.8 Å². The molecule has 3 unspecified atom stereocenters. The first-order valence-electron chi connectivity index (χ1n) is 3.37. The fourth-order valence-corrected chi connectivity index (χ4v) is 2.11. The van der Waals surface area contributed by atoms with Gasteiger partial charge in [0.15, 0.2) is 0 Å². The van der Waals surface area contributed by atoms with Gasteiger partial charge in [0.25, 0.3) is 0 Å². The van der Waals surface area contributed by atoms with Crippen molar-refractivity contribution >= 4 is 15.9 Å². The fraction of sp³-hybridized carbons (Fsp3) is 0.500. The van der Waals surface area contributed by atoms with Crippen LogP contribution in [0, 0.1) is 17.8 Å². The number of rotatable bonds is 1. The van der Waals surface area contributed by atoms with Gasteiger partial charge < -0.3 is 0 Å². The largest absolute Gasteiger partial charge is 0.0879 e. The van der Waals surface area contributed by atoms with Crippen molar-refractivity contribution in [2.45, 2.75) is 6.42 Å². The molecule has 0 amide bonds. The number of allylic oxidation sites excluding steroid dienone is 3. The molecule has 1 fully saturated rings. The smallest absolute Gasteiger partial charge is 0.0122 e. The summed E-state index contributed by atoms with van der Waals surface area (Å²) in [6.45, 7) is 0. The highest BCUT2D eigenvalue weighted by molar-refractivity contribution is 9.11. The van der Waals surface area contributed by atoms with Crippen LogP contribution in [0.25, 0.3) is 0 Å². The number of halogens is 1. The summed E-state index contributed by atoms with van der Waals surface area (Å²) in [6, 6.07) is 0. The summed E-state index contributed by atoms with van der Waals surface area (Å²) >= 11 is 3.29. The van der Waals surface area contributed by atoms with Crippen LogP contribution in [0.2, 0.25) is 0 Å². The molecule has 2 aliphatic rings. The zero-order chi connectivity index (χ0) is 6.27. The molecule has 0 aliphatic heterocycles. The van der Waals surface area contributed by atoms with Gasteiger partial charge in [-0.25, -0.2) is 0 Å². The van der Waals surface area contributed by atoms with E-state index in [2.05, 4.69) is 34.2 Å². The van der Waals surface area contributed by atoms with Crippen molar-refractivity contribution in [2.75, 3.05) is 0 Å². The summed E-state index contributed by atoms with van der Waals surface area (Å²) < 4.78 is 0. The fourth-order valence-electron chi connectivity index (χ4n) is 1.76. The summed E-state index contributed by atoms with van der Waals surface area (Å²) in [7, 11) is 0. The minimum Gasteiger partial charge on any atom is -0.0879 e. The van der Waals surface area contributed by atoms with Crippen molar-refractivity contribution in [3.8, 4) is 0 Å². The van der Waals surface area contributed by atoms with Crippen molar-refractivity contribution in [1.29, 1.82) is 0 Å². The lowest BCUT2D eigenvalue weighted by Crippen LogP contribution is -1.74. The third-order valence-electron chi connectivity index (χ3n) is 2.35. The molecule has 0 saturated heterocycles. The summed E-state index contributed by atoms with van der Waals surface area (Å²) in [5.41, 5.74) is 0. The average molecular weight is 185 g/mol. The Morgan fingerprint density at radius 1 is 1.56 bits per heavy atom. The van der Waals surface area contributed by atoms with E-state index in [9.17, 15) is 0 Å². The Morgan fingerprint density at radius 3 is 3.00 bits per heavy atom. The summed E-state index contributed by atoms with van der Waals surface area (Å²) in [5.74, 6) is 2.74. The molecule has 1 heteroatoms. The highest BCUT2D eigenvalue weighted by Crippen LogP contribution is 2.54. The van der Waals surface area contributed by atoms with E-state index in [1.165, 1.54) is 6.42 Å². The zero-order valence-electron chi connectivity index (χ0n) is 5.13. The van der Waals surface area contributed by atoms with E-state index in [0.29, 0.717) is 0 Å². The van der Waals surface area contributed by atoms with E-state index in [1.54, 1.807) is 0 Å². The molecule has 3 atom stereocenters. The van der Waals surface area contributed by atoms with Gasteiger partial charge in [-0.05, 0) is 29.2 Å². The number of hydrogen-bond donors (Lipinski definition) is 0. The van der Waals surface area contributed by atoms with Crippen LogP contribution < -0.4 is 0 Å². The lowest BCUT2D eigenvalue weighted by atomic mass is 10.2. The molecule has 0 aromatic rings. The predicted octanol–water partition coefficient (Wildman–Crippen LogP) is 2.72. The van der Waals surface area contributed by atoms with Gasteiger partial charge in [-0.1, -0.05) is 34.2 Å². The van der Waals surface area contributed by atoms with Gasteiger partial charge in [0.1, 0.15) is 0 Å². The maximum Gasteiger partial charge on any atom is -0.0122 e. The van der Waals surface area contributed by atoms with E-state index in [1.807, 2.05) is 4.99 Å². The topological polar surface area (TPSA) is 0 Å².